The molecule has 3 amide bonds. The Morgan fingerprint density at radius 2 is 1.92 bits per heavy atom. The van der Waals surface area contributed by atoms with Crippen LogP contribution in [0.1, 0.15) is 22.5 Å². The van der Waals surface area contributed by atoms with E-state index in [9.17, 15) is 9.59 Å². The number of benzene rings is 1. The summed E-state index contributed by atoms with van der Waals surface area (Å²) in [5, 5.41) is 12.5. The standard InChI is InChI=1S/C18H22N4O2S.ClH/c23-17(20-12-13-5-4-10-19-11-13)15-8-9-16(25-15)22-18(24)21-14-6-2-1-3-7-14;/h1-3,6-9,13,19H,4-5,10-12H2,(H,20,23)(H2,21,22,24);1H. The monoisotopic (exact) mass is 394 g/mol. The van der Waals surface area contributed by atoms with Crippen LogP contribution in [0, 0.1) is 5.92 Å². The van der Waals surface area contributed by atoms with E-state index < -0.39 is 0 Å². The minimum atomic E-state index is -0.326. The molecule has 0 aliphatic carbocycles. The van der Waals surface area contributed by atoms with Crippen molar-refractivity contribution in [3.63, 3.8) is 0 Å². The third-order valence-electron chi connectivity index (χ3n) is 4.05. The number of carbonyl (C=O) groups excluding carboxylic acids is 2. The molecule has 4 N–H and O–H groups in total. The molecule has 1 unspecified atom stereocenters. The van der Waals surface area contributed by atoms with Crippen LogP contribution in [0.5, 0.6) is 0 Å². The molecule has 1 aliphatic rings. The second-order valence-corrected chi connectivity index (χ2v) is 7.12. The number of carbonyl (C=O) groups is 2. The second-order valence-electron chi connectivity index (χ2n) is 6.03. The van der Waals surface area contributed by atoms with Gasteiger partial charge in [0, 0.05) is 12.2 Å². The number of thiophene rings is 1. The average Bonchev–Trinajstić information content (AvgIpc) is 3.10. The zero-order chi connectivity index (χ0) is 17.5. The molecule has 1 aromatic carbocycles. The molecule has 0 saturated carbocycles. The SMILES string of the molecule is Cl.O=C(Nc1ccccc1)Nc1ccc(C(=O)NCC2CCCNC2)s1. The Bertz CT molecular complexity index is 717. The Kier molecular flexibility index (Phi) is 7.90. The van der Waals surface area contributed by atoms with Gasteiger partial charge in [0.25, 0.3) is 5.91 Å². The quantitative estimate of drug-likeness (QED) is 0.626. The van der Waals surface area contributed by atoms with Crippen LogP contribution >= 0.6 is 23.7 Å². The van der Waals surface area contributed by atoms with Crippen LogP contribution < -0.4 is 21.3 Å². The van der Waals surface area contributed by atoms with Gasteiger partial charge < -0.3 is 16.0 Å². The van der Waals surface area contributed by atoms with Crippen molar-refractivity contribution in [2.75, 3.05) is 30.3 Å². The van der Waals surface area contributed by atoms with E-state index in [1.807, 2.05) is 30.3 Å². The minimum absolute atomic E-state index is 0. The molecular formula is C18H23ClN4O2S. The van der Waals surface area contributed by atoms with E-state index >= 15 is 0 Å². The van der Waals surface area contributed by atoms with E-state index in [-0.39, 0.29) is 24.3 Å². The summed E-state index contributed by atoms with van der Waals surface area (Å²) in [6, 6.07) is 12.4. The summed E-state index contributed by atoms with van der Waals surface area (Å²) in [6.45, 7) is 2.70. The Balaban J connectivity index is 0.00000243. The normalized spacial score (nSPS) is 16.2. The van der Waals surface area contributed by atoms with Gasteiger partial charge in [-0.15, -0.1) is 23.7 Å². The molecule has 6 nitrogen and oxygen atoms in total. The molecule has 0 bridgehead atoms. The molecule has 1 saturated heterocycles. The van der Waals surface area contributed by atoms with Gasteiger partial charge in [-0.05, 0) is 56.1 Å². The van der Waals surface area contributed by atoms with Crippen molar-refractivity contribution in [1.29, 1.82) is 0 Å². The highest BCUT2D eigenvalue weighted by Gasteiger charge is 2.16. The third kappa shape index (κ3) is 6.01. The molecule has 1 aromatic heterocycles. The Hall–Kier alpha value is -2.09. The van der Waals surface area contributed by atoms with E-state index in [1.54, 1.807) is 12.1 Å². The summed E-state index contributed by atoms with van der Waals surface area (Å²) < 4.78 is 0. The van der Waals surface area contributed by atoms with Crippen molar-refractivity contribution in [3.05, 3.63) is 47.3 Å². The molecule has 3 rings (SSSR count). The zero-order valence-corrected chi connectivity index (χ0v) is 15.9. The number of hydrogen-bond acceptors (Lipinski definition) is 4. The molecule has 26 heavy (non-hydrogen) atoms. The fourth-order valence-corrected chi connectivity index (χ4v) is 3.56. The van der Waals surface area contributed by atoms with E-state index in [2.05, 4.69) is 21.3 Å². The van der Waals surface area contributed by atoms with Crippen molar-refractivity contribution < 1.29 is 9.59 Å². The lowest BCUT2D eigenvalue weighted by atomic mass is 10.00. The predicted molar refractivity (Wildman–Crippen MR) is 109 cm³/mol. The number of halogens is 1. The van der Waals surface area contributed by atoms with Crippen LogP contribution in [0.2, 0.25) is 0 Å². The van der Waals surface area contributed by atoms with Crippen LogP contribution in [0.4, 0.5) is 15.5 Å². The molecule has 1 fully saturated rings. The molecule has 1 atom stereocenters. The first-order valence-corrected chi connectivity index (χ1v) is 9.24. The molecule has 2 heterocycles. The Morgan fingerprint density at radius 3 is 2.65 bits per heavy atom. The van der Waals surface area contributed by atoms with E-state index in [1.165, 1.54) is 11.3 Å². The number of anilines is 2. The highest BCUT2D eigenvalue weighted by Crippen LogP contribution is 2.22. The van der Waals surface area contributed by atoms with Gasteiger partial charge in [-0.25, -0.2) is 4.79 Å². The first kappa shape index (κ1) is 20.2. The third-order valence-corrected chi connectivity index (χ3v) is 5.05. The second kappa shape index (κ2) is 10.2. The van der Waals surface area contributed by atoms with Crippen molar-refractivity contribution in [2.45, 2.75) is 12.8 Å². The molecule has 0 radical (unpaired) electrons. The highest BCUT2D eigenvalue weighted by atomic mass is 35.5. The van der Waals surface area contributed by atoms with Gasteiger partial charge in [-0.1, -0.05) is 18.2 Å². The van der Waals surface area contributed by atoms with Crippen molar-refractivity contribution in [1.82, 2.24) is 10.6 Å². The fraction of sp³-hybridized carbons (Fsp3) is 0.333. The summed E-state index contributed by atoms with van der Waals surface area (Å²) in [7, 11) is 0. The van der Waals surface area contributed by atoms with Crippen LogP contribution in [0.3, 0.4) is 0 Å². The first-order valence-electron chi connectivity index (χ1n) is 8.42. The highest BCUT2D eigenvalue weighted by molar-refractivity contribution is 7.18. The summed E-state index contributed by atoms with van der Waals surface area (Å²) in [4.78, 5) is 24.8. The number of nitrogens with one attached hydrogen (secondary N) is 4. The van der Waals surface area contributed by atoms with Crippen LogP contribution in [-0.2, 0) is 0 Å². The summed E-state index contributed by atoms with van der Waals surface area (Å²) in [6.07, 6.45) is 2.30. The van der Waals surface area contributed by atoms with Crippen molar-refractivity contribution in [3.8, 4) is 0 Å². The molecule has 1 aliphatic heterocycles. The molecule has 0 spiro atoms. The molecule has 2 aromatic rings. The zero-order valence-electron chi connectivity index (χ0n) is 14.3. The van der Waals surface area contributed by atoms with E-state index in [0.717, 1.165) is 31.6 Å². The van der Waals surface area contributed by atoms with Gasteiger partial charge >= 0.3 is 6.03 Å². The predicted octanol–water partition coefficient (Wildman–Crippen LogP) is 3.54. The van der Waals surface area contributed by atoms with Crippen LogP contribution in [-0.4, -0.2) is 31.6 Å². The maximum Gasteiger partial charge on any atom is 0.324 e. The van der Waals surface area contributed by atoms with Crippen LogP contribution in [0.25, 0.3) is 0 Å². The van der Waals surface area contributed by atoms with Crippen LogP contribution in [0.15, 0.2) is 42.5 Å². The summed E-state index contributed by atoms with van der Waals surface area (Å²) in [5.74, 6) is 0.402. The lowest BCUT2D eigenvalue weighted by molar-refractivity contribution is 0.0949. The number of hydrogen-bond donors (Lipinski definition) is 4. The van der Waals surface area contributed by atoms with Gasteiger partial charge in [-0.2, -0.15) is 0 Å². The van der Waals surface area contributed by atoms with Gasteiger partial charge in [0.1, 0.15) is 0 Å². The summed E-state index contributed by atoms with van der Waals surface area (Å²) in [5.41, 5.74) is 0.718. The lowest BCUT2D eigenvalue weighted by Gasteiger charge is -2.22. The number of para-hydroxylation sites is 1. The maximum atomic E-state index is 12.2. The largest absolute Gasteiger partial charge is 0.351 e. The summed E-state index contributed by atoms with van der Waals surface area (Å²) >= 11 is 1.27. The Labute approximate surface area is 163 Å². The topological polar surface area (TPSA) is 82.3 Å². The smallest absolute Gasteiger partial charge is 0.324 e. The van der Waals surface area contributed by atoms with Gasteiger partial charge in [0.15, 0.2) is 0 Å². The first-order chi connectivity index (χ1) is 12.2. The minimum Gasteiger partial charge on any atom is -0.351 e. The van der Waals surface area contributed by atoms with E-state index in [0.29, 0.717) is 22.3 Å². The van der Waals surface area contributed by atoms with E-state index in [4.69, 9.17) is 0 Å². The number of urea groups is 1. The maximum absolute atomic E-state index is 12.2. The average molecular weight is 395 g/mol. The number of rotatable bonds is 5. The molecule has 8 heteroatoms. The Morgan fingerprint density at radius 1 is 1.12 bits per heavy atom. The van der Waals surface area contributed by atoms with Gasteiger partial charge in [0.2, 0.25) is 0 Å². The van der Waals surface area contributed by atoms with Gasteiger partial charge in [-0.3, -0.25) is 10.1 Å². The fourth-order valence-electron chi connectivity index (χ4n) is 2.75. The number of piperidine rings is 1. The van der Waals surface area contributed by atoms with Crippen molar-refractivity contribution >= 4 is 46.4 Å². The molecule has 140 valence electrons. The van der Waals surface area contributed by atoms with Gasteiger partial charge in [0.05, 0.1) is 9.88 Å². The molecular weight excluding hydrogens is 372 g/mol. The van der Waals surface area contributed by atoms with Crippen molar-refractivity contribution in [2.24, 2.45) is 5.92 Å². The number of amides is 3. The lowest BCUT2D eigenvalue weighted by Crippen LogP contribution is -2.37.